The van der Waals surface area contributed by atoms with Gasteiger partial charge in [0, 0.05) is 19.3 Å². The van der Waals surface area contributed by atoms with Crippen LogP contribution in [0, 0.1) is 0 Å². The Labute approximate surface area is 452 Å². The van der Waals surface area contributed by atoms with Gasteiger partial charge in [-0.1, -0.05) is 209 Å². The molecule has 0 amide bonds. The van der Waals surface area contributed by atoms with E-state index in [1.165, 1.54) is 83.5 Å². The topological polar surface area (TPSA) is 155 Å². The lowest BCUT2D eigenvalue weighted by atomic mass is 10.1. The predicted molar refractivity (Wildman–Crippen MR) is 307 cm³/mol. The van der Waals surface area contributed by atoms with E-state index in [4.69, 9.17) is 23.3 Å². The zero-order chi connectivity index (χ0) is 54.1. The molecule has 0 aliphatic carbocycles. The zero-order valence-corrected chi connectivity index (χ0v) is 48.2. The summed E-state index contributed by atoms with van der Waals surface area (Å²) in [6, 6.07) is 0. The highest BCUT2D eigenvalue weighted by atomic mass is 31.2. The fourth-order valence-electron chi connectivity index (χ4n) is 8.04. The third-order valence-electron chi connectivity index (χ3n) is 12.6. The number of phosphoric acid groups is 1. The normalized spacial score (nSPS) is 13.9. The monoisotopic (exact) mass is 1060 g/mol. The summed E-state index contributed by atoms with van der Waals surface area (Å²) in [5.41, 5.74) is 0. The predicted octanol–water partition coefficient (Wildman–Crippen LogP) is 17.7. The number of hydrogen-bond donors (Lipinski definition) is 2. The van der Waals surface area contributed by atoms with Gasteiger partial charge >= 0.3 is 25.7 Å². The number of ether oxygens (including phenoxy) is 3. The van der Waals surface area contributed by atoms with Crippen LogP contribution in [0.2, 0.25) is 0 Å². The number of unbranched alkanes of at least 4 members (excludes halogenated alkanes) is 26. The van der Waals surface area contributed by atoms with Crippen molar-refractivity contribution in [1.29, 1.82) is 0 Å². The molecular formula is C62H109O11P. The van der Waals surface area contributed by atoms with Crippen molar-refractivity contribution >= 4 is 25.7 Å². The third kappa shape index (κ3) is 53.7. The molecule has 3 atom stereocenters. The van der Waals surface area contributed by atoms with E-state index in [1.807, 2.05) is 0 Å². The van der Waals surface area contributed by atoms with Gasteiger partial charge in [0.15, 0.2) is 6.10 Å². The first-order valence-corrected chi connectivity index (χ1v) is 31.3. The zero-order valence-electron chi connectivity index (χ0n) is 47.3. The van der Waals surface area contributed by atoms with Gasteiger partial charge < -0.3 is 24.2 Å². The molecule has 0 bridgehead atoms. The molecule has 0 aromatic rings. The van der Waals surface area contributed by atoms with E-state index < -0.39 is 57.8 Å². The first-order chi connectivity index (χ1) is 36.2. The number of aliphatic hydroxyl groups excluding tert-OH is 1. The summed E-state index contributed by atoms with van der Waals surface area (Å²) >= 11 is 0. The Bertz CT molecular complexity index is 1520. The molecule has 2 N–H and O–H groups in total. The van der Waals surface area contributed by atoms with Gasteiger partial charge in [-0.15, -0.1) is 0 Å². The SMILES string of the molecule is CC/C=C\C/C=C\C/C=C\C/C=C\CCCCCCC(=O)OCC(COP(=O)(O)OCC(CO)OC(=O)CCCCCCC/C=C\CCCCCC)OC(=O)CCCCCCCCC/C=C\CCCCCCCC. The molecule has 3 unspecified atom stereocenters. The number of aliphatic hydroxyl groups is 1. The molecule has 0 aliphatic heterocycles. The first-order valence-electron chi connectivity index (χ1n) is 29.8. The average molecular weight is 1060 g/mol. The summed E-state index contributed by atoms with van der Waals surface area (Å²) in [5, 5.41) is 9.81. The number of allylic oxidation sites excluding steroid dienone is 12. The molecule has 0 heterocycles. The summed E-state index contributed by atoms with van der Waals surface area (Å²) in [6.07, 6.45) is 62.8. The van der Waals surface area contributed by atoms with E-state index in [2.05, 4.69) is 93.7 Å². The number of carbonyl (C=O) groups is 3. The lowest BCUT2D eigenvalue weighted by molar-refractivity contribution is -0.161. The summed E-state index contributed by atoms with van der Waals surface area (Å²) in [7, 11) is -4.76. The smallest absolute Gasteiger partial charge is 0.462 e. The Hall–Kier alpha value is -3.08. The van der Waals surface area contributed by atoms with E-state index in [0.29, 0.717) is 19.3 Å². The van der Waals surface area contributed by atoms with E-state index in [-0.39, 0.29) is 25.9 Å². The van der Waals surface area contributed by atoms with Crippen molar-refractivity contribution < 1.29 is 52.2 Å². The van der Waals surface area contributed by atoms with Gasteiger partial charge in [-0.2, -0.15) is 0 Å². The lowest BCUT2D eigenvalue weighted by Crippen LogP contribution is -2.30. The molecule has 0 fully saturated rings. The maximum absolute atomic E-state index is 12.9. The van der Waals surface area contributed by atoms with Gasteiger partial charge in [0.2, 0.25) is 0 Å². The summed E-state index contributed by atoms with van der Waals surface area (Å²) in [5.74, 6) is -1.50. The number of hydrogen-bond acceptors (Lipinski definition) is 10. The van der Waals surface area contributed by atoms with Crippen molar-refractivity contribution in [2.45, 2.75) is 277 Å². The minimum absolute atomic E-state index is 0.155. The molecule has 428 valence electrons. The molecule has 74 heavy (non-hydrogen) atoms. The summed E-state index contributed by atoms with van der Waals surface area (Å²) in [6.45, 7) is 4.49. The number of phosphoric ester groups is 1. The van der Waals surface area contributed by atoms with Gasteiger partial charge in [0.25, 0.3) is 0 Å². The highest BCUT2D eigenvalue weighted by molar-refractivity contribution is 7.47. The van der Waals surface area contributed by atoms with Gasteiger partial charge in [-0.05, 0) is 109 Å². The van der Waals surface area contributed by atoms with Crippen molar-refractivity contribution in [3.63, 3.8) is 0 Å². The van der Waals surface area contributed by atoms with Crippen LogP contribution in [0.5, 0.6) is 0 Å². The fourth-order valence-corrected chi connectivity index (χ4v) is 8.83. The van der Waals surface area contributed by atoms with Crippen molar-refractivity contribution in [3.8, 4) is 0 Å². The van der Waals surface area contributed by atoms with Crippen LogP contribution in [0.25, 0.3) is 0 Å². The van der Waals surface area contributed by atoms with E-state index in [9.17, 15) is 28.9 Å². The Kier molecular flexibility index (Phi) is 53.8. The molecule has 11 nitrogen and oxygen atoms in total. The van der Waals surface area contributed by atoms with Crippen LogP contribution in [-0.4, -0.2) is 66.5 Å². The largest absolute Gasteiger partial charge is 0.472 e. The van der Waals surface area contributed by atoms with Gasteiger partial charge in [-0.3, -0.25) is 23.4 Å². The second-order valence-corrected chi connectivity index (χ2v) is 21.2. The Morgan fingerprint density at radius 2 is 0.703 bits per heavy atom. The van der Waals surface area contributed by atoms with E-state index in [0.717, 1.165) is 122 Å². The number of carbonyl (C=O) groups excluding carboxylic acids is 3. The standard InChI is InChI=1S/C62H109O11P/c1-4-7-10-13-16-19-22-25-27-29-31-34-36-39-42-45-48-51-60(64)69-55-59(73-62(66)53-50-47-44-41-38-35-32-30-28-26-23-20-17-14-11-8-5-2)57-71-74(67,68)70-56-58(54-63)72-61(65)52-49-46-43-40-37-33-24-21-18-15-12-9-6-3/h7,10,16,19,21,24-28,31,34,58-59,63H,4-6,8-9,11-15,17-18,20,22-23,29-30,32-33,35-57H2,1-3H3,(H,67,68)/b10-7-,19-16-,24-21-,27-25-,28-26-,34-31-. The van der Waals surface area contributed by atoms with Gasteiger partial charge in [0.05, 0.1) is 19.8 Å². The Morgan fingerprint density at radius 1 is 0.392 bits per heavy atom. The summed E-state index contributed by atoms with van der Waals surface area (Å²) in [4.78, 5) is 48.6. The van der Waals surface area contributed by atoms with Crippen LogP contribution in [0.1, 0.15) is 265 Å². The maximum atomic E-state index is 12.9. The molecule has 0 rings (SSSR count). The van der Waals surface area contributed by atoms with Gasteiger partial charge in [0.1, 0.15) is 12.7 Å². The molecule has 0 aliphatic rings. The molecule has 0 saturated carbocycles. The van der Waals surface area contributed by atoms with Crippen LogP contribution < -0.4 is 0 Å². The quantitative estimate of drug-likeness (QED) is 0.0197. The molecule has 0 spiro atoms. The van der Waals surface area contributed by atoms with Crippen molar-refractivity contribution in [1.82, 2.24) is 0 Å². The van der Waals surface area contributed by atoms with E-state index in [1.54, 1.807) is 0 Å². The highest BCUT2D eigenvalue weighted by Gasteiger charge is 2.28. The number of esters is 3. The number of rotatable bonds is 55. The van der Waals surface area contributed by atoms with Crippen LogP contribution in [0.3, 0.4) is 0 Å². The second kappa shape index (κ2) is 56.1. The third-order valence-corrected chi connectivity index (χ3v) is 13.5. The average Bonchev–Trinajstić information content (AvgIpc) is 3.39. The summed E-state index contributed by atoms with van der Waals surface area (Å²) < 4.78 is 39.5. The highest BCUT2D eigenvalue weighted by Crippen LogP contribution is 2.43. The maximum Gasteiger partial charge on any atom is 0.472 e. The molecule has 12 heteroatoms. The molecule has 0 radical (unpaired) electrons. The van der Waals surface area contributed by atoms with Crippen LogP contribution in [0.15, 0.2) is 72.9 Å². The molecule has 0 aromatic carbocycles. The van der Waals surface area contributed by atoms with Crippen molar-refractivity contribution in [2.24, 2.45) is 0 Å². The first kappa shape index (κ1) is 70.9. The fraction of sp³-hybridized carbons (Fsp3) is 0.758. The molecular weight excluding hydrogens is 952 g/mol. The van der Waals surface area contributed by atoms with E-state index >= 15 is 0 Å². The van der Waals surface area contributed by atoms with Crippen LogP contribution >= 0.6 is 7.82 Å². The lowest BCUT2D eigenvalue weighted by Gasteiger charge is -2.21. The minimum Gasteiger partial charge on any atom is -0.462 e. The van der Waals surface area contributed by atoms with Crippen LogP contribution in [0.4, 0.5) is 0 Å². The molecule has 0 saturated heterocycles. The second-order valence-electron chi connectivity index (χ2n) is 19.8. The Balaban J connectivity index is 4.77. The van der Waals surface area contributed by atoms with Crippen molar-refractivity contribution in [2.75, 3.05) is 26.4 Å². The van der Waals surface area contributed by atoms with Crippen molar-refractivity contribution in [3.05, 3.63) is 72.9 Å². The Morgan fingerprint density at radius 3 is 1.11 bits per heavy atom. The molecule has 0 aromatic heterocycles. The minimum atomic E-state index is -4.76. The van der Waals surface area contributed by atoms with Gasteiger partial charge in [-0.25, -0.2) is 4.57 Å². The van der Waals surface area contributed by atoms with Crippen LogP contribution in [-0.2, 0) is 42.2 Å².